The van der Waals surface area contributed by atoms with Gasteiger partial charge in [-0.05, 0) is 38.5 Å². The summed E-state index contributed by atoms with van der Waals surface area (Å²) in [7, 11) is -9.96. The summed E-state index contributed by atoms with van der Waals surface area (Å²) in [6, 6.07) is -2.76. The molecule has 0 spiro atoms. The number of phosphoric acid groups is 2. The van der Waals surface area contributed by atoms with Crippen LogP contribution in [0, 0.1) is 0 Å². The Morgan fingerprint density at radius 1 is 0.405 bits per heavy atom. The first-order chi connectivity index (χ1) is 39.4. The first-order valence-corrected chi connectivity index (χ1v) is 34.7. The molecule has 25 heteroatoms. The molecule has 21 nitrogen and oxygen atoms in total. The summed E-state index contributed by atoms with van der Waals surface area (Å²) >= 11 is 0. The number of urea groups is 1. The average Bonchev–Trinajstić information content (AvgIpc) is 3.55. The average molecular weight is 1260 g/mol. The third-order valence-electron chi connectivity index (χ3n) is 13.8. The number of phosphoric ester groups is 2. The second kappa shape index (κ2) is 61.5. The van der Waals surface area contributed by atoms with E-state index in [1.165, 1.54) is 64.2 Å². The molecule has 0 aromatic carbocycles. The quantitative estimate of drug-likeness (QED) is 0.0214. The predicted octanol–water partition coefficient (Wildman–Crippen LogP) is 4.28. The van der Waals surface area contributed by atoms with Crippen molar-refractivity contribution in [1.29, 1.82) is 0 Å². The fraction of sp³-hybridized carbons (Fsp3) is 0.915. The van der Waals surface area contributed by atoms with Crippen LogP contribution < -0.4 is 90.2 Å². The molecule has 0 bridgehead atoms. The van der Waals surface area contributed by atoms with Crippen LogP contribution in [-0.2, 0) is 55.9 Å². The third kappa shape index (κ3) is 60.5. The summed E-state index contributed by atoms with van der Waals surface area (Å²) in [4.78, 5) is 88.8. The fourth-order valence-electron chi connectivity index (χ4n) is 8.91. The van der Waals surface area contributed by atoms with Gasteiger partial charge >= 0.3 is 65.1 Å². The molecule has 6 atom stereocenters. The van der Waals surface area contributed by atoms with Crippen LogP contribution in [0.15, 0.2) is 0 Å². The molecule has 0 heterocycles. The smallest absolute Gasteiger partial charge is 0.756 e. The van der Waals surface area contributed by atoms with E-state index in [9.17, 15) is 53.1 Å². The maximum absolute atomic E-state index is 12.9. The van der Waals surface area contributed by atoms with E-state index < -0.39 is 84.2 Å². The third-order valence-corrected chi connectivity index (χ3v) is 15.7. The minimum Gasteiger partial charge on any atom is -0.756 e. The Bertz CT molecular complexity index is 1580. The van der Waals surface area contributed by atoms with Crippen LogP contribution >= 0.6 is 15.6 Å². The van der Waals surface area contributed by atoms with Crippen molar-refractivity contribution in [3.63, 3.8) is 0 Å². The molecular formula is C59H114N4Na2O17P2. The molecular weight excluding hydrogens is 1140 g/mol. The summed E-state index contributed by atoms with van der Waals surface area (Å²) in [5.74, 6) is -1.67. The predicted molar refractivity (Wildman–Crippen MR) is 317 cm³/mol. The summed E-state index contributed by atoms with van der Waals surface area (Å²) in [5, 5.41) is 30.7. The maximum atomic E-state index is 12.9. The minimum atomic E-state index is -4.98. The number of aliphatic hydroxyl groups excluding tert-OH is 2. The van der Waals surface area contributed by atoms with Gasteiger partial charge in [-0.3, -0.25) is 28.3 Å². The zero-order valence-electron chi connectivity index (χ0n) is 53.2. The van der Waals surface area contributed by atoms with Crippen molar-refractivity contribution < 1.29 is 140 Å². The van der Waals surface area contributed by atoms with Gasteiger partial charge in [-0.1, -0.05) is 195 Å². The molecule has 0 saturated carbocycles. The molecule has 0 aliphatic rings. The Labute approximate surface area is 551 Å². The SMILES string of the molecule is CCCCCCCCCCCC(=O)CC(=O)NC(COCCC(O)CCCCCCC)COP(=O)([O-])OCCNC(=O)NCCOP(=O)([O-])OCC(COCCC(O)CCCCCCC)NC(=O)CC(=O)CCCCCCCCCCC.[Na+].[Na+]. The van der Waals surface area contributed by atoms with Crippen LogP contribution in [-0.4, -0.2) is 130 Å². The number of carbonyl (C=O) groups excluding carboxylic acids is 5. The number of hydrogen-bond donors (Lipinski definition) is 6. The number of rotatable bonds is 62. The molecule has 0 radical (unpaired) electrons. The van der Waals surface area contributed by atoms with E-state index in [1.807, 2.05) is 0 Å². The molecule has 0 saturated heterocycles. The molecule has 0 aromatic rings. The Morgan fingerprint density at radius 2 is 0.702 bits per heavy atom. The molecule has 484 valence electrons. The van der Waals surface area contributed by atoms with E-state index >= 15 is 0 Å². The first-order valence-electron chi connectivity index (χ1n) is 31.8. The monoisotopic (exact) mass is 1260 g/mol. The van der Waals surface area contributed by atoms with Crippen LogP contribution in [0.5, 0.6) is 0 Å². The Kier molecular flexibility index (Phi) is 64.3. The van der Waals surface area contributed by atoms with Crippen molar-refractivity contribution in [2.45, 2.75) is 283 Å². The zero-order valence-corrected chi connectivity index (χ0v) is 59.0. The summed E-state index contributed by atoms with van der Waals surface area (Å²) in [6.07, 6.45) is 30.7. The van der Waals surface area contributed by atoms with Crippen LogP contribution in [0.1, 0.15) is 259 Å². The number of amides is 4. The van der Waals surface area contributed by atoms with Crippen molar-refractivity contribution in [2.75, 3.05) is 65.9 Å². The molecule has 0 rings (SSSR count). The minimum absolute atomic E-state index is 0. The van der Waals surface area contributed by atoms with Crippen molar-refractivity contribution >= 4 is 45.1 Å². The van der Waals surface area contributed by atoms with Crippen LogP contribution in [0.3, 0.4) is 0 Å². The van der Waals surface area contributed by atoms with E-state index in [0.717, 1.165) is 103 Å². The van der Waals surface area contributed by atoms with Gasteiger partial charge in [0.2, 0.25) is 11.8 Å². The Morgan fingerprint density at radius 3 is 1.02 bits per heavy atom. The Hall–Kier alpha value is -0.390. The molecule has 0 aromatic heterocycles. The summed E-state index contributed by atoms with van der Waals surface area (Å²) < 4.78 is 56.7. The van der Waals surface area contributed by atoms with Gasteiger partial charge in [-0.2, -0.15) is 0 Å². The van der Waals surface area contributed by atoms with E-state index in [0.29, 0.717) is 38.5 Å². The molecule has 0 fully saturated rings. The van der Waals surface area contributed by atoms with E-state index in [1.54, 1.807) is 0 Å². The van der Waals surface area contributed by atoms with E-state index in [2.05, 4.69) is 49.0 Å². The first kappa shape index (κ1) is 87.8. The van der Waals surface area contributed by atoms with Gasteiger partial charge in [0, 0.05) is 39.1 Å². The molecule has 0 aliphatic carbocycles. The summed E-state index contributed by atoms with van der Waals surface area (Å²) in [5.41, 5.74) is 0. The number of hydrogen-bond acceptors (Lipinski definition) is 17. The maximum Gasteiger partial charge on any atom is 1.00 e. The van der Waals surface area contributed by atoms with Gasteiger partial charge in [0.05, 0.1) is 76.8 Å². The van der Waals surface area contributed by atoms with Gasteiger partial charge in [0.1, 0.15) is 11.6 Å². The van der Waals surface area contributed by atoms with E-state index in [-0.39, 0.29) is 136 Å². The zero-order chi connectivity index (χ0) is 60.8. The fourth-order valence-corrected chi connectivity index (χ4v) is 10.4. The Balaban J connectivity index is -0.0000328. The number of nitrogens with one attached hydrogen (secondary N) is 4. The number of ketones is 2. The second-order valence-corrected chi connectivity index (χ2v) is 24.7. The molecule has 4 amide bonds. The topological polar surface area (TPSA) is 310 Å². The van der Waals surface area contributed by atoms with Crippen LogP contribution in [0.4, 0.5) is 4.79 Å². The van der Waals surface area contributed by atoms with Gasteiger partial charge in [-0.25, -0.2) is 4.79 Å². The number of unbranched alkanes of at least 4 members (excludes halogenated alkanes) is 24. The van der Waals surface area contributed by atoms with Crippen molar-refractivity contribution in [2.24, 2.45) is 0 Å². The normalized spacial score (nSPS) is 14.2. The number of carbonyl (C=O) groups is 5. The van der Waals surface area contributed by atoms with Crippen LogP contribution in [0.2, 0.25) is 0 Å². The van der Waals surface area contributed by atoms with Gasteiger partial charge < -0.3 is 68.8 Å². The molecule has 0 aliphatic heterocycles. The molecule has 84 heavy (non-hydrogen) atoms. The molecule has 6 N–H and O–H groups in total. The van der Waals surface area contributed by atoms with Crippen LogP contribution in [0.25, 0.3) is 0 Å². The van der Waals surface area contributed by atoms with Gasteiger partial charge in [-0.15, -0.1) is 0 Å². The molecule has 6 unspecified atom stereocenters. The standard InChI is InChI=1S/C59H116N4O17P2.2Na/c1-5-9-13-17-19-21-23-27-31-35-55(66)45-57(68)62-51(47-75-41-37-53(64)33-29-25-15-11-7-3)49-79-81(71,72)77-43-39-60-59(70)61-40-44-78-82(73,74)80-50-52(48-76-42-38-54(65)34-30-26-16-12-8-4)63-58(69)46-56(67)36-32-28-24-22-20-18-14-10-6-2;;/h51-54,64-65H,5-50H2,1-4H3,(H,62,68)(H,63,69)(H,71,72)(H,73,74)(H2,60,61,70);;/q;2*+1/p-2. The number of Topliss-reactive ketones (excluding diaryl/α,β-unsaturated/α-hetero) is 2. The largest absolute Gasteiger partial charge is 1.00 e. The van der Waals surface area contributed by atoms with E-state index in [4.69, 9.17) is 27.6 Å². The second-order valence-electron chi connectivity index (χ2n) is 21.9. The summed E-state index contributed by atoms with van der Waals surface area (Å²) in [6.45, 7) is 5.73. The van der Waals surface area contributed by atoms with Crippen molar-refractivity contribution in [1.82, 2.24) is 21.3 Å². The van der Waals surface area contributed by atoms with Crippen molar-refractivity contribution in [3.8, 4) is 0 Å². The van der Waals surface area contributed by atoms with Gasteiger partial charge in [0.15, 0.2) is 0 Å². The number of aliphatic hydroxyl groups is 2. The number of ether oxygens (including phenoxy) is 2. The van der Waals surface area contributed by atoms with Crippen molar-refractivity contribution in [3.05, 3.63) is 0 Å². The van der Waals surface area contributed by atoms with Gasteiger partial charge in [0.25, 0.3) is 15.6 Å².